The Morgan fingerprint density at radius 1 is 1.29 bits per heavy atom. The van der Waals surface area contributed by atoms with Crippen LogP contribution in [0.3, 0.4) is 0 Å². The standard InChI is InChI=1S/C11H15FN2O3/c1-11(6-15,7-16)14-10(17)13-9-4-2-8(12)3-5-9/h2-5,15-16H,6-7H2,1H3,(H2,13,14,17). The summed E-state index contributed by atoms with van der Waals surface area (Å²) in [6, 6.07) is 4.66. The van der Waals surface area contributed by atoms with Crippen molar-refractivity contribution in [3.8, 4) is 0 Å². The first-order valence-electron chi connectivity index (χ1n) is 5.05. The van der Waals surface area contributed by atoms with Crippen LogP contribution in [-0.2, 0) is 0 Å². The second-order valence-electron chi connectivity index (χ2n) is 3.96. The first-order valence-corrected chi connectivity index (χ1v) is 5.05. The molecule has 0 bridgehead atoms. The topological polar surface area (TPSA) is 81.6 Å². The quantitative estimate of drug-likeness (QED) is 0.627. The number of nitrogens with one attached hydrogen (secondary N) is 2. The number of carbonyl (C=O) groups is 1. The monoisotopic (exact) mass is 242 g/mol. The lowest BCUT2D eigenvalue weighted by Gasteiger charge is -2.26. The van der Waals surface area contributed by atoms with Crippen LogP contribution in [0, 0.1) is 5.82 Å². The van der Waals surface area contributed by atoms with E-state index in [2.05, 4.69) is 10.6 Å². The van der Waals surface area contributed by atoms with Crippen LogP contribution >= 0.6 is 0 Å². The van der Waals surface area contributed by atoms with Gasteiger partial charge in [0.2, 0.25) is 0 Å². The van der Waals surface area contributed by atoms with Crippen molar-refractivity contribution in [1.29, 1.82) is 0 Å². The second-order valence-corrected chi connectivity index (χ2v) is 3.96. The number of amides is 2. The molecule has 0 heterocycles. The molecule has 1 rings (SSSR count). The highest BCUT2D eigenvalue weighted by Crippen LogP contribution is 2.08. The highest BCUT2D eigenvalue weighted by atomic mass is 19.1. The van der Waals surface area contributed by atoms with Gasteiger partial charge >= 0.3 is 6.03 Å². The van der Waals surface area contributed by atoms with Gasteiger partial charge in [-0.15, -0.1) is 0 Å². The third-order valence-corrected chi connectivity index (χ3v) is 2.22. The van der Waals surface area contributed by atoms with E-state index in [1.54, 1.807) is 0 Å². The normalized spacial score (nSPS) is 11.1. The summed E-state index contributed by atoms with van der Waals surface area (Å²) in [5.74, 6) is -0.397. The van der Waals surface area contributed by atoms with Crippen LogP contribution in [0.25, 0.3) is 0 Å². The molecule has 17 heavy (non-hydrogen) atoms. The highest BCUT2D eigenvalue weighted by Gasteiger charge is 2.24. The summed E-state index contributed by atoms with van der Waals surface area (Å²) >= 11 is 0. The van der Waals surface area contributed by atoms with Crippen molar-refractivity contribution >= 4 is 11.7 Å². The number of hydrogen-bond acceptors (Lipinski definition) is 3. The number of benzene rings is 1. The first kappa shape index (κ1) is 13.4. The van der Waals surface area contributed by atoms with Gasteiger partial charge in [-0.3, -0.25) is 0 Å². The fraction of sp³-hybridized carbons (Fsp3) is 0.364. The molecule has 1 aromatic rings. The van der Waals surface area contributed by atoms with E-state index in [1.807, 2.05) is 0 Å². The number of aliphatic hydroxyl groups is 2. The van der Waals surface area contributed by atoms with Crippen molar-refractivity contribution in [2.45, 2.75) is 12.5 Å². The predicted molar refractivity (Wildman–Crippen MR) is 61.1 cm³/mol. The summed E-state index contributed by atoms with van der Waals surface area (Å²) in [7, 11) is 0. The molecular formula is C11H15FN2O3. The molecule has 4 N–H and O–H groups in total. The lowest BCUT2D eigenvalue weighted by atomic mass is 10.1. The van der Waals surface area contributed by atoms with Crippen molar-refractivity contribution < 1.29 is 19.4 Å². The maximum atomic E-state index is 12.6. The van der Waals surface area contributed by atoms with Crippen molar-refractivity contribution in [2.24, 2.45) is 0 Å². The number of rotatable bonds is 4. The van der Waals surface area contributed by atoms with Crippen LogP contribution in [0.2, 0.25) is 0 Å². The Labute approximate surface area is 98.3 Å². The molecule has 6 heteroatoms. The van der Waals surface area contributed by atoms with Crippen LogP contribution < -0.4 is 10.6 Å². The SMILES string of the molecule is CC(CO)(CO)NC(=O)Nc1ccc(F)cc1. The van der Waals surface area contributed by atoms with Crippen molar-refractivity contribution in [2.75, 3.05) is 18.5 Å². The third kappa shape index (κ3) is 4.01. The second kappa shape index (κ2) is 5.60. The van der Waals surface area contributed by atoms with Crippen LogP contribution in [0.5, 0.6) is 0 Å². The maximum Gasteiger partial charge on any atom is 0.319 e. The Hall–Kier alpha value is -1.66. The maximum absolute atomic E-state index is 12.6. The molecule has 5 nitrogen and oxygen atoms in total. The van der Waals surface area contributed by atoms with Gasteiger partial charge in [0, 0.05) is 5.69 Å². The fourth-order valence-electron chi connectivity index (χ4n) is 1.10. The molecule has 2 amide bonds. The highest BCUT2D eigenvalue weighted by molar-refractivity contribution is 5.89. The minimum atomic E-state index is -1.09. The lowest BCUT2D eigenvalue weighted by molar-refractivity contribution is 0.111. The van der Waals surface area contributed by atoms with Gasteiger partial charge in [0.15, 0.2) is 0 Å². The van der Waals surface area contributed by atoms with E-state index < -0.39 is 17.4 Å². The van der Waals surface area contributed by atoms with E-state index in [1.165, 1.54) is 31.2 Å². The van der Waals surface area contributed by atoms with Gasteiger partial charge in [-0.05, 0) is 31.2 Å². The Morgan fingerprint density at radius 2 is 1.82 bits per heavy atom. The van der Waals surface area contributed by atoms with Gasteiger partial charge in [-0.2, -0.15) is 0 Å². The number of hydrogen-bond donors (Lipinski definition) is 4. The molecule has 0 radical (unpaired) electrons. The van der Waals surface area contributed by atoms with Crippen LogP contribution in [0.15, 0.2) is 24.3 Å². The summed E-state index contributed by atoms with van der Waals surface area (Å²) in [5.41, 5.74) is -0.675. The Balaban J connectivity index is 2.58. The fourth-order valence-corrected chi connectivity index (χ4v) is 1.10. The van der Waals surface area contributed by atoms with Crippen molar-refractivity contribution in [3.63, 3.8) is 0 Å². The summed E-state index contributed by atoms with van der Waals surface area (Å²) in [5, 5.41) is 22.8. The van der Waals surface area contributed by atoms with E-state index in [-0.39, 0.29) is 13.2 Å². The van der Waals surface area contributed by atoms with Gasteiger partial charge in [-0.25, -0.2) is 9.18 Å². The molecule has 0 spiro atoms. The summed E-state index contributed by atoms with van der Waals surface area (Å²) in [6.45, 7) is 0.720. The molecule has 94 valence electrons. The lowest BCUT2D eigenvalue weighted by Crippen LogP contribution is -2.53. The summed E-state index contributed by atoms with van der Waals surface area (Å²) in [6.07, 6.45) is 0. The van der Waals surface area contributed by atoms with Crippen LogP contribution in [-0.4, -0.2) is 35.0 Å². The molecule has 1 aromatic carbocycles. The predicted octanol–water partition coefficient (Wildman–Crippen LogP) is 0.691. The van der Waals surface area contributed by atoms with Crippen LogP contribution in [0.4, 0.5) is 14.9 Å². The zero-order valence-corrected chi connectivity index (χ0v) is 9.40. The minimum Gasteiger partial charge on any atom is -0.394 e. The smallest absolute Gasteiger partial charge is 0.319 e. The van der Waals surface area contributed by atoms with Crippen molar-refractivity contribution in [3.05, 3.63) is 30.1 Å². The molecule has 0 unspecified atom stereocenters. The molecule has 0 aliphatic heterocycles. The van der Waals surface area contributed by atoms with Gasteiger partial charge in [0.1, 0.15) is 5.82 Å². The molecule has 0 aliphatic rings. The Morgan fingerprint density at radius 3 is 2.29 bits per heavy atom. The van der Waals surface area contributed by atoms with E-state index in [0.29, 0.717) is 5.69 Å². The zero-order valence-electron chi connectivity index (χ0n) is 9.40. The molecule has 0 aliphatic carbocycles. The van der Waals surface area contributed by atoms with Gasteiger partial charge in [-0.1, -0.05) is 0 Å². The Bertz CT molecular complexity index is 377. The Kier molecular flexibility index (Phi) is 4.42. The largest absolute Gasteiger partial charge is 0.394 e. The number of urea groups is 1. The van der Waals surface area contributed by atoms with E-state index in [4.69, 9.17) is 10.2 Å². The summed E-state index contributed by atoms with van der Waals surface area (Å²) < 4.78 is 12.6. The van der Waals surface area contributed by atoms with Gasteiger partial charge < -0.3 is 20.8 Å². The molecule has 0 saturated carbocycles. The first-order chi connectivity index (χ1) is 7.99. The average molecular weight is 242 g/mol. The molecule has 0 atom stereocenters. The minimum absolute atomic E-state index is 0.389. The molecule has 0 saturated heterocycles. The zero-order chi connectivity index (χ0) is 12.9. The van der Waals surface area contributed by atoms with E-state index in [9.17, 15) is 9.18 Å². The summed E-state index contributed by atoms with van der Waals surface area (Å²) in [4.78, 5) is 11.5. The van der Waals surface area contributed by atoms with Crippen LogP contribution in [0.1, 0.15) is 6.92 Å². The van der Waals surface area contributed by atoms with Gasteiger partial charge in [0.25, 0.3) is 0 Å². The van der Waals surface area contributed by atoms with Crippen molar-refractivity contribution in [1.82, 2.24) is 5.32 Å². The molecular weight excluding hydrogens is 227 g/mol. The number of carbonyl (C=O) groups excluding carboxylic acids is 1. The molecule has 0 aromatic heterocycles. The average Bonchev–Trinajstić information content (AvgIpc) is 2.32. The number of halogens is 1. The number of anilines is 1. The van der Waals surface area contributed by atoms with E-state index in [0.717, 1.165) is 0 Å². The van der Waals surface area contributed by atoms with E-state index >= 15 is 0 Å². The number of aliphatic hydroxyl groups excluding tert-OH is 2. The van der Waals surface area contributed by atoms with Gasteiger partial charge in [0.05, 0.1) is 18.8 Å². The molecule has 0 fully saturated rings. The third-order valence-electron chi connectivity index (χ3n) is 2.22.